The minimum absolute atomic E-state index is 0.00939. The highest BCUT2D eigenvalue weighted by molar-refractivity contribution is 8.00. The summed E-state index contributed by atoms with van der Waals surface area (Å²) in [7, 11) is -1.65. The molecule has 0 aromatic carbocycles. The summed E-state index contributed by atoms with van der Waals surface area (Å²) < 4.78 is 33.4. The third-order valence-electron chi connectivity index (χ3n) is 3.99. The van der Waals surface area contributed by atoms with Crippen molar-refractivity contribution in [3.05, 3.63) is 48.3 Å². The van der Waals surface area contributed by atoms with Gasteiger partial charge in [0.25, 0.3) is 5.78 Å². The lowest BCUT2D eigenvalue weighted by Crippen LogP contribution is -2.52. The average molecular weight is 426 g/mol. The molecule has 3 unspecified atom stereocenters. The number of rotatable bonds is 9. The van der Waals surface area contributed by atoms with Crippen LogP contribution >= 0.6 is 11.8 Å². The fourth-order valence-corrected chi connectivity index (χ4v) is 5.52. The highest BCUT2D eigenvalue weighted by atomic mass is 32.2. The van der Waals surface area contributed by atoms with E-state index in [0.717, 1.165) is 11.8 Å². The number of Topliss-reactive ketones (excluding diaryl/α,β-unsaturated/α-hetero) is 1. The van der Waals surface area contributed by atoms with Crippen LogP contribution in [0.25, 0.3) is 0 Å². The summed E-state index contributed by atoms with van der Waals surface area (Å²) in [5, 5.41) is -1.19. The van der Waals surface area contributed by atoms with Crippen molar-refractivity contribution in [1.82, 2.24) is 0 Å². The van der Waals surface area contributed by atoms with Crippen molar-refractivity contribution in [3.8, 4) is 0 Å². The van der Waals surface area contributed by atoms with Crippen molar-refractivity contribution in [2.24, 2.45) is 0 Å². The van der Waals surface area contributed by atoms with Crippen LogP contribution in [0.3, 0.4) is 0 Å². The van der Waals surface area contributed by atoms with E-state index in [4.69, 9.17) is 18.3 Å². The maximum Gasteiger partial charge on any atom is 0.377 e. The molecule has 8 nitrogen and oxygen atoms in total. The van der Waals surface area contributed by atoms with Gasteiger partial charge in [0.2, 0.25) is 5.60 Å². The van der Waals surface area contributed by atoms with Crippen molar-refractivity contribution in [1.29, 1.82) is 0 Å². The summed E-state index contributed by atoms with van der Waals surface area (Å²) in [6.07, 6.45) is 2.92. The van der Waals surface area contributed by atoms with Gasteiger partial charge in [-0.05, 0) is 31.2 Å². The summed E-state index contributed by atoms with van der Waals surface area (Å²) in [6.45, 7) is 1.61. The highest BCUT2D eigenvalue weighted by Gasteiger charge is 2.62. The first-order chi connectivity index (χ1) is 13.5. The molecule has 3 heterocycles. The standard InChI is InChI=1S/C18H18O8S2/c1-2-23-17(21)18(11-28(22)10-13-6-4-8-25-13)15(14(19)16(20)26-18)27-9-12-5-3-7-24-12/h3-8,15H,2,9-11H2,1H3. The van der Waals surface area contributed by atoms with Gasteiger partial charge in [-0.2, -0.15) is 0 Å². The minimum Gasteiger partial charge on any atom is -0.468 e. The predicted octanol–water partition coefficient (Wildman–Crippen LogP) is 1.85. The molecule has 2 aromatic rings. The van der Waals surface area contributed by atoms with Gasteiger partial charge in [0.1, 0.15) is 16.8 Å². The van der Waals surface area contributed by atoms with Crippen LogP contribution in [0.4, 0.5) is 0 Å². The molecule has 1 saturated heterocycles. The summed E-state index contributed by atoms with van der Waals surface area (Å²) in [5.74, 6) is -2.01. The fraction of sp³-hybridized carbons (Fsp3) is 0.389. The van der Waals surface area contributed by atoms with E-state index in [-0.39, 0.29) is 23.9 Å². The van der Waals surface area contributed by atoms with Gasteiger partial charge in [0, 0.05) is 10.8 Å². The van der Waals surface area contributed by atoms with Crippen LogP contribution in [0.5, 0.6) is 0 Å². The number of hydrogen-bond acceptors (Lipinski definition) is 9. The lowest BCUT2D eigenvalue weighted by atomic mass is 10.0. The Morgan fingerprint density at radius 3 is 2.50 bits per heavy atom. The number of thioether (sulfide) groups is 1. The molecule has 3 atom stereocenters. The van der Waals surface area contributed by atoms with Crippen molar-refractivity contribution < 1.29 is 36.9 Å². The van der Waals surface area contributed by atoms with E-state index in [1.165, 1.54) is 12.5 Å². The van der Waals surface area contributed by atoms with Crippen LogP contribution in [-0.2, 0) is 46.2 Å². The lowest BCUT2D eigenvalue weighted by Gasteiger charge is -2.28. The number of cyclic esters (lactones) is 1. The summed E-state index contributed by atoms with van der Waals surface area (Å²) >= 11 is 1.02. The van der Waals surface area contributed by atoms with Crippen LogP contribution in [0.2, 0.25) is 0 Å². The SMILES string of the molecule is CCOC(=O)C1(CS(=O)Cc2ccco2)OC(=O)C(=O)C1SCc1ccco1. The third kappa shape index (κ3) is 4.22. The molecule has 150 valence electrons. The molecule has 0 spiro atoms. The molecule has 1 fully saturated rings. The van der Waals surface area contributed by atoms with Crippen LogP contribution in [-0.4, -0.2) is 45.1 Å². The van der Waals surface area contributed by atoms with Crippen LogP contribution in [0.15, 0.2) is 45.6 Å². The number of esters is 2. The zero-order valence-corrected chi connectivity index (χ0v) is 16.6. The van der Waals surface area contributed by atoms with E-state index in [2.05, 4.69) is 0 Å². The summed E-state index contributed by atoms with van der Waals surface area (Å²) in [4.78, 5) is 37.2. The van der Waals surface area contributed by atoms with Crippen LogP contribution < -0.4 is 0 Å². The number of carbonyl (C=O) groups excluding carboxylic acids is 3. The van der Waals surface area contributed by atoms with Gasteiger partial charge in [0.15, 0.2) is 0 Å². The number of furan rings is 2. The largest absolute Gasteiger partial charge is 0.468 e. The van der Waals surface area contributed by atoms with Gasteiger partial charge in [0.05, 0.1) is 36.4 Å². The Morgan fingerprint density at radius 1 is 1.21 bits per heavy atom. The number of hydrogen-bond donors (Lipinski definition) is 0. The monoisotopic (exact) mass is 426 g/mol. The number of ketones is 1. The second-order valence-electron chi connectivity index (χ2n) is 5.94. The maximum atomic E-state index is 12.7. The molecule has 1 aliphatic heterocycles. The molecule has 0 aliphatic carbocycles. The molecule has 0 amide bonds. The van der Waals surface area contributed by atoms with Crippen molar-refractivity contribution in [3.63, 3.8) is 0 Å². The van der Waals surface area contributed by atoms with Crippen molar-refractivity contribution >= 4 is 40.3 Å². The van der Waals surface area contributed by atoms with E-state index < -0.39 is 39.4 Å². The van der Waals surface area contributed by atoms with Gasteiger partial charge < -0.3 is 18.3 Å². The second-order valence-corrected chi connectivity index (χ2v) is 8.49. The van der Waals surface area contributed by atoms with E-state index in [1.807, 2.05) is 0 Å². The molecule has 28 heavy (non-hydrogen) atoms. The molecule has 10 heteroatoms. The fourth-order valence-electron chi connectivity index (χ4n) is 2.77. The van der Waals surface area contributed by atoms with Crippen molar-refractivity contribution in [2.45, 2.75) is 29.3 Å². The zero-order chi connectivity index (χ0) is 20.1. The van der Waals surface area contributed by atoms with Gasteiger partial charge in [-0.1, -0.05) is 0 Å². The third-order valence-corrected chi connectivity index (χ3v) is 6.73. The Morgan fingerprint density at radius 2 is 1.89 bits per heavy atom. The topological polar surface area (TPSA) is 113 Å². The Balaban J connectivity index is 1.85. The zero-order valence-electron chi connectivity index (χ0n) is 15.0. The number of ether oxygens (including phenoxy) is 2. The van der Waals surface area contributed by atoms with E-state index >= 15 is 0 Å². The molecular weight excluding hydrogens is 408 g/mol. The maximum absolute atomic E-state index is 12.7. The molecule has 0 saturated carbocycles. The Bertz CT molecular complexity index is 858. The van der Waals surface area contributed by atoms with E-state index in [9.17, 15) is 18.6 Å². The number of carbonyl (C=O) groups is 3. The first-order valence-electron chi connectivity index (χ1n) is 8.42. The summed E-state index contributed by atoms with van der Waals surface area (Å²) in [5.41, 5.74) is -1.96. The smallest absolute Gasteiger partial charge is 0.377 e. The van der Waals surface area contributed by atoms with Crippen molar-refractivity contribution in [2.75, 3.05) is 12.4 Å². The molecule has 0 bridgehead atoms. The molecule has 0 radical (unpaired) electrons. The molecule has 1 aliphatic rings. The normalized spacial score (nSPS) is 22.8. The Labute approximate surface area is 167 Å². The van der Waals surface area contributed by atoms with Gasteiger partial charge in [-0.15, -0.1) is 11.8 Å². The van der Waals surface area contributed by atoms with E-state index in [0.29, 0.717) is 11.5 Å². The lowest BCUT2D eigenvalue weighted by molar-refractivity contribution is -0.171. The molecule has 2 aromatic heterocycles. The first kappa shape index (κ1) is 20.4. The van der Waals surface area contributed by atoms with Crippen LogP contribution in [0.1, 0.15) is 18.4 Å². The minimum atomic E-state index is -1.96. The average Bonchev–Trinajstić information content (AvgIpc) is 3.38. The van der Waals surface area contributed by atoms with Crippen LogP contribution in [0, 0.1) is 0 Å². The molecule has 0 N–H and O–H groups in total. The van der Waals surface area contributed by atoms with Gasteiger partial charge >= 0.3 is 11.9 Å². The highest BCUT2D eigenvalue weighted by Crippen LogP contribution is 2.38. The first-order valence-corrected chi connectivity index (χ1v) is 11.0. The summed E-state index contributed by atoms with van der Waals surface area (Å²) in [6, 6.07) is 6.68. The van der Waals surface area contributed by atoms with E-state index in [1.54, 1.807) is 31.2 Å². The second kappa shape index (κ2) is 8.78. The Kier molecular flexibility index (Phi) is 6.40. The predicted molar refractivity (Wildman–Crippen MR) is 99.7 cm³/mol. The van der Waals surface area contributed by atoms with Gasteiger partial charge in [-0.25, -0.2) is 9.59 Å². The molecular formula is C18H18O8S2. The molecule has 3 rings (SSSR count). The van der Waals surface area contributed by atoms with Gasteiger partial charge in [-0.3, -0.25) is 9.00 Å². The Hall–Kier alpha value is -2.33. The quantitative estimate of drug-likeness (QED) is 0.438.